The molecule has 20 heavy (non-hydrogen) atoms. The van der Waals surface area contributed by atoms with Crippen LogP contribution in [0.4, 0.5) is 10.1 Å². The summed E-state index contributed by atoms with van der Waals surface area (Å²) in [7, 11) is 0. The Labute approximate surface area is 121 Å². The fourth-order valence-corrected chi connectivity index (χ4v) is 2.99. The van der Waals surface area contributed by atoms with Crippen molar-refractivity contribution in [2.24, 2.45) is 5.92 Å². The summed E-state index contributed by atoms with van der Waals surface area (Å²) < 4.78 is 13.3. The average Bonchev–Trinajstić information content (AvgIpc) is 2.94. The number of benzene rings is 1. The highest BCUT2D eigenvalue weighted by Gasteiger charge is 2.24. The lowest BCUT2D eigenvalue weighted by atomic mass is 10.1. The molecule has 0 atom stereocenters. The Bertz CT molecular complexity index is 452. The van der Waals surface area contributed by atoms with Gasteiger partial charge in [0, 0.05) is 23.8 Å². The maximum atomic E-state index is 13.3. The van der Waals surface area contributed by atoms with E-state index in [0.29, 0.717) is 17.5 Å². The van der Waals surface area contributed by atoms with E-state index in [0.717, 1.165) is 24.9 Å². The first-order chi connectivity index (χ1) is 9.61. The molecule has 0 aliphatic heterocycles. The van der Waals surface area contributed by atoms with Gasteiger partial charge in [-0.25, -0.2) is 4.39 Å². The summed E-state index contributed by atoms with van der Waals surface area (Å²) in [6, 6.07) is 5.06. The van der Waals surface area contributed by atoms with E-state index < -0.39 is 0 Å². The molecule has 0 saturated heterocycles. The quantitative estimate of drug-likeness (QED) is 0.717. The highest BCUT2D eigenvalue weighted by atomic mass is 19.1. The second-order valence-corrected chi connectivity index (χ2v) is 6.14. The maximum Gasteiger partial charge on any atom is 0.152 e. The molecule has 0 spiro atoms. The van der Waals surface area contributed by atoms with E-state index in [2.05, 4.69) is 18.7 Å². The van der Waals surface area contributed by atoms with Crippen molar-refractivity contribution < 1.29 is 9.18 Å². The molecule has 1 aromatic rings. The Hall–Kier alpha value is -1.38. The van der Waals surface area contributed by atoms with Gasteiger partial charge in [-0.3, -0.25) is 4.79 Å². The number of aldehydes is 1. The molecule has 0 heterocycles. The Kier molecular flexibility index (Phi) is 5.16. The maximum absolute atomic E-state index is 13.3. The zero-order valence-electron chi connectivity index (χ0n) is 12.4. The van der Waals surface area contributed by atoms with Crippen LogP contribution in [-0.4, -0.2) is 18.9 Å². The van der Waals surface area contributed by atoms with Crippen molar-refractivity contribution in [3.8, 4) is 0 Å². The molecule has 3 heteroatoms. The van der Waals surface area contributed by atoms with Gasteiger partial charge in [0.05, 0.1) is 0 Å². The van der Waals surface area contributed by atoms with Crippen LogP contribution in [0.15, 0.2) is 18.2 Å². The van der Waals surface area contributed by atoms with Crippen LogP contribution in [0.1, 0.15) is 56.3 Å². The SMILES string of the molecule is CC(C)CCN(c1ccc(F)cc1C=O)C1CCCC1. The number of carbonyl (C=O) groups excluding carboxylic acids is 1. The second-order valence-electron chi connectivity index (χ2n) is 6.14. The topological polar surface area (TPSA) is 20.3 Å². The Balaban J connectivity index is 2.26. The molecule has 0 amide bonds. The third-order valence-corrected chi connectivity index (χ3v) is 4.14. The predicted molar refractivity (Wildman–Crippen MR) is 80.8 cm³/mol. The second kappa shape index (κ2) is 6.87. The molecule has 2 rings (SSSR count). The van der Waals surface area contributed by atoms with E-state index in [-0.39, 0.29) is 5.82 Å². The number of rotatable bonds is 6. The van der Waals surface area contributed by atoms with E-state index in [9.17, 15) is 9.18 Å². The molecular weight excluding hydrogens is 253 g/mol. The molecule has 1 aromatic carbocycles. The van der Waals surface area contributed by atoms with Gasteiger partial charge in [-0.1, -0.05) is 26.7 Å². The van der Waals surface area contributed by atoms with E-state index in [4.69, 9.17) is 0 Å². The van der Waals surface area contributed by atoms with Gasteiger partial charge in [-0.15, -0.1) is 0 Å². The van der Waals surface area contributed by atoms with Crippen LogP contribution in [0.25, 0.3) is 0 Å². The van der Waals surface area contributed by atoms with Gasteiger partial charge >= 0.3 is 0 Å². The lowest BCUT2D eigenvalue weighted by Gasteiger charge is -2.33. The van der Waals surface area contributed by atoms with Gasteiger partial charge in [0.2, 0.25) is 0 Å². The Morgan fingerprint density at radius 3 is 2.65 bits per heavy atom. The van der Waals surface area contributed by atoms with E-state index >= 15 is 0 Å². The molecule has 1 fully saturated rings. The summed E-state index contributed by atoms with van der Waals surface area (Å²) in [6.45, 7) is 5.35. The lowest BCUT2D eigenvalue weighted by molar-refractivity contribution is 0.112. The molecule has 0 radical (unpaired) electrons. The number of halogens is 1. The molecule has 0 unspecified atom stereocenters. The molecule has 2 nitrogen and oxygen atoms in total. The van der Waals surface area contributed by atoms with Crippen molar-refractivity contribution in [1.82, 2.24) is 0 Å². The minimum absolute atomic E-state index is 0.342. The van der Waals surface area contributed by atoms with Crippen molar-refractivity contribution in [3.05, 3.63) is 29.6 Å². The van der Waals surface area contributed by atoms with E-state index in [1.165, 1.54) is 37.8 Å². The van der Waals surface area contributed by atoms with Crippen molar-refractivity contribution in [1.29, 1.82) is 0 Å². The van der Waals surface area contributed by atoms with Gasteiger partial charge in [-0.05, 0) is 43.4 Å². The fraction of sp³-hybridized carbons (Fsp3) is 0.588. The summed E-state index contributed by atoms with van der Waals surface area (Å²) >= 11 is 0. The van der Waals surface area contributed by atoms with Gasteiger partial charge in [0.25, 0.3) is 0 Å². The first-order valence-electron chi connectivity index (χ1n) is 7.63. The van der Waals surface area contributed by atoms with Gasteiger partial charge in [0.1, 0.15) is 5.82 Å². The smallest absolute Gasteiger partial charge is 0.152 e. The summed E-state index contributed by atoms with van der Waals surface area (Å²) in [4.78, 5) is 13.6. The third-order valence-electron chi connectivity index (χ3n) is 4.14. The molecule has 1 saturated carbocycles. The summed E-state index contributed by atoms with van der Waals surface area (Å²) in [5.41, 5.74) is 1.37. The summed E-state index contributed by atoms with van der Waals surface area (Å²) in [5, 5.41) is 0. The Morgan fingerprint density at radius 2 is 2.05 bits per heavy atom. The van der Waals surface area contributed by atoms with Crippen molar-refractivity contribution in [2.75, 3.05) is 11.4 Å². The average molecular weight is 277 g/mol. The summed E-state index contributed by atoms with van der Waals surface area (Å²) in [6.07, 6.45) is 6.71. The first kappa shape index (κ1) is 15.0. The van der Waals surface area contributed by atoms with Crippen LogP contribution < -0.4 is 4.90 Å². The standard InChI is InChI=1S/C17H24FNO/c1-13(2)9-10-19(16-5-3-4-6-16)17-8-7-15(18)11-14(17)12-20/h7-8,11-13,16H,3-6,9-10H2,1-2H3. The molecular formula is C17H24FNO. The van der Waals surface area contributed by atoms with Crippen molar-refractivity contribution in [3.63, 3.8) is 0 Å². The fourth-order valence-electron chi connectivity index (χ4n) is 2.99. The highest BCUT2D eigenvalue weighted by molar-refractivity contribution is 5.84. The van der Waals surface area contributed by atoms with Crippen LogP contribution in [-0.2, 0) is 0 Å². The zero-order chi connectivity index (χ0) is 14.5. The Morgan fingerprint density at radius 1 is 1.35 bits per heavy atom. The van der Waals surface area contributed by atoms with Crippen LogP contribution in [0, 0.1) is 11.7 Å². The monoisotopic (exact) mass is 277 g/mol. The number of hydrogen-bond donors (Lipinski definition) is 0. The lowest BCUT2D eigenvalue weighted by Crippen LogP contribution is -2.35. The third kappa shape index (κ3) is 3.59. The van der Waals surface area contributed by atoms with E-state index in [1.807, 2.05) is 0 Å². The predicted octanol–water partition coefficient (Wildman–Crippen LogP) is 4.43. The normalized spacial score (nSPS) is 15.8. The molecule has 0 bridgehead atoms. The van der Waals surface area contributed by atoms with Crippen LogP contribution in [0.5, 0.6) is 0 Å². The molecule has 0 N–H and O–H groups in total. The molecule has 0 aromatic heterocycles. The number of carbonyl (C=O) groups is 1. The minimum Gasteiger partial charge on any atom is -0.368 e. The van der Waals surface area contributed by atoms with Crippen LogP contribution in [0.2, 0.25) is 0 Å². The van der Waals surface area contributed by atoms with Gasteiger partial charge in [-0.2, -0.15) is 0 Å². The van der Waals surface area contributed by atoms with Crippen LogP contribution >= 0.6 is 0 Å². The largest absolute Gasteiger partial charge is 0.368 e. The minimum atomic E-state index is -0.342. The molecule has 1 aliphatic carbocycles. The zero-order valence-corrected chi connectivity index (χ0v) is 12.4. The number of nitrogens with zero attached hydrogens (tertiary/aromatic N) is 1. The number of hydrogen-bond acceptors (Lipinski definition) is 2. The van der Waals surface area contributed by atoms with Gasteiger partial charge < -0.3 is 4.90 Å². The van der Waals surface area contributed by atoms with E-state index in [1.54, 1.807) is 6.07 Å². The van der Waals surface area contributed by atoms with Crippen LogP contribution in [0.3, 0.4) is 0 Å². The van der Waals surface area contributed by atoms with Crippen molar-refractivity contribution in [2.45, 2.75) is 52.0 Å². The summed E-state index contributed by atoms with van der Waals surface area (Å²) in [5.74, 6) is 0.283. The number of anilines is 1. The first-order valence-corrected chi connectivity index (χ1v) is 7.63. The molecule has 110 valence electrons. The van der Waals surface area contributed by atoms with Crippen molar-refractivity contribution >= 4 is 12.0 Å². The molecule has 1 aliphatic rings. The highest BCUT2D eigenvalue weighted by Crippen LogP contribution is 2.31. The van der Waals surface area contributed by atoms with Gasteiger partial charge in [0.15, 0.2) is 6.29 Å².